The number of rotatable bonds is 7. The number of benzene rings is 1. The highest BCUT2D eigenvalue weighted by molar-refractivity contribution is 7.91. The van der Waals surface area contributed by atoms with E-state index >= 15 is 0 Å². The van der Waals surface area contributed by atoms with Gasteiger partial charge in [-0.25, -0.2) is 17.6 Å². The molecule has 1 aromatic rings. The van der Waals surface area contributed by atoms with Gasteiger partial charge in [0.15, 0.2) is 9.84 Å². The Balaban J connectivity index is 1.52. The zero-order valence-corrected chi connectivity index (χ0v) is 13.6. The number of halogens is 1. The normalized spacial score (nSPS) is 19.3. The molecule has 23 heavy (non-hydrogen) atoms. The molecule has 0 aliphatic carbocycles. The number of urea groups is 1. The van der Waals surface area contributed by atoms with Crippen molar-refractivity contribution in [3.63, 3.8) is 0 Å². The molecule has 1 aromatic carbocycles. The summed E-state index contributed by atoms with van der Waals surface area (Å²) in [6.45, 7) is 0.966. The second-order valence-electron chi connectivity index (χ2n) is 5.51. The van der Waals surface area contributed by atoms with Crippen molar-refractivity contribution in [3.8, 4) is 5.75 Å². The van der Waals surface area contributed by atoms with E-state index in [1.54, 1.807) is 12.1 Å². The summed E-state index contributed by atoms with van der Waals surface area (Å²) in [5.74, 6) is 0.465. The van der Waals surface area contributed by atoms with Crippen LogP contribution in [0.2, 0.25) is 0 Å². The fraction of sp³-hybridized carbons (Fsp3) is 0.533. The topological polar surface area (TPSA) is 84.5 Å². The summed E-state index contributed by atoms with van der Waals surface area (Å²) in [6, 6.07) is 5.18. The van der Waals surface area contributed by atoms with Crippen LogP contribution >= 0.6 is 0 Å². The minimum absolute atomic E-state index is 0.0198. The Morgan fingerprint density at radius 3 is 2.65 bits per heavy atom. The Hall–Kier alpha value is -1.83. The first-order valence-corrected chi connectivity index (χ1v) is 9.40. The predicted molar refractivity (Wildman–Crippen MR) is 84.7 cm³/mol. The fourth-order valence-corrected chi connectivity index (χ4v) is 3.97. The van der Waals surface area contributed by atoms with E-state index in [1.165, 1.54) is 12.1 Å². The molecule has 8 heteroatoms. The third-order valence-corrected chi connectivity index (χ3v) is 5.27. The number of unbranched alkanes of at least 4 members (excludes halogenated alkanes) is 1. The molecule has 1 saturated heterocycles. The molecule has 1 aliphatic rings. The van der Waals surface area contributed by atoms with Gasteiger partial charge < -0.3 is 15.4 Å². The Morgan fingerprint density at radius 1 is 1.26 bits per heavy atom. The molecule has 0 radical (unpaired) electrons. The first-order valence-electron chi connectivity index (χ1n) is 7.58. The van der Waals surface area contributed by atoms with Gasteiger partial charge in [0, 0.05) is 12.6 Å². The van der Waals surface area contributed by atoms with Crippen molar-refractivity contribution in [2.24, 2.45) is 0 Å². The molecule has 0 spiro atoms. The molecular weight excluding hydrogens is 323 g/mol. The average Bonchev–Trinajstić information content (AvgIpc) is 2.83. The molecule has 6 nitrogen and oxygen atoms in total. The molecule has 1 aliphatic heterocycles. The van der Waals surface area contributed by atoms with Gasteiger partial charge in [-0.1, -0.05) is 0 Å². The third kappa shape index (κ3) is 6.43. The summed E-state index contributed by atoms with van der Waals surface area (Å²) in [6.07, 6.45) is 1.95. The highest BCUT2D eigenvalue weighted by Gasteiger charge is 2.28. The summed E-state index contributed by atoms with van der Waals surface area (Å²) in [4.78, 5) is 11.6. The molecule has 1 fully saturated rings. The van der Waals surface area contributed by atoms with Crippen LogP contribution in [-0.4, -0.2) is 45.1 Å². The minimum Gasteiger partial charge on any atom is -0.494 e. The molecule has 1 heterocycles. The van der Waals surface area contributed by atoms with Crippen LogP contribution < -0.4 is 15.4 Å². The van der Waals surface area contributed by atoms with Gasteiger partial charge in [0.25, 0.3) is 0 Å². The van der Waals surface area contributed by atoms with Crippen LogP contribution in [0.25, 0.3) is 0 Å². The molecule has 128 valence electrons. The summed E-state index contributed by atoms with van der Waals surface area (Å²) in [5.41, 5.74) is 0. The van der Waals surface area contributed by atoms with Crippen LogP contribution in [0.5, 0.6) is 5.75 Å². The molecular formula is C15H21FN2O4S. The maximum atomic E-state index is 12.7. The SMILES string of the molecule is O=C(NCCCCOc1ccc(F)cc1)NC1CCS(=O)(=O)C1. The molecule has 0 aromatic heterocycles. The Morgan fingerprint density at radius 2 is 2.00 bits per heavy atom. The van der Waals surface area contributed by atoms with Gasteiger partial charge in [0.05, 0.1) is 18.1 Å². The molecule has 0 saturated carbocycles. The van der Waals surface area contributed by atoms with Crippen molar-refractivity contribution in [1.82, 2.24) is 10.6 Å². The summed E-state index contributed by atoms with van der Waals surface area (Å²) in [7, 11) is -2.99. The number of amides is 2. The molecule has 1 unspecified atom stereocenters. The standard InChI is InChI=1S/C15H21FN2O4S/c16-12-3-5-14(6-4-12)22-9-2-1-8-17-15(19)18-13-7-10-23(20,21)11-13/h3-6,13H,1-2,7-11H2,(H2,17,18,19). The van der Waals surface area contributed by atoms with Crippen LogP contribution in [0.3, 0.4) is 0 Å². The fourth-order valence-electron chi connectivity index (χ4n) is 2.30. The Bertz CT molecular complexity index is 619. The van der Waals surface area contributed by atoms with Crippen LogP contribution in [0.15, 0.2) is 24.3 Å². The Labute approximate surface area is 135 Å². The van der Waals surface area contributed by atoms with Gasteiger partial charge in [-0.2, -0.15) is 0 Å². The largest absolute Gasteiger partial charge is 0.494 e. The van der Waals surface area contributed by atoms with Gasteiger partial charge >= 0.3 is 6.03 Å². The van der Waals surface area contributed by atoms with Crippen LogP contribution in [-0.2, 0) is 9.84 Å². The van der Waals surface area contributed by atoms with E-state index in [4.69, 9.17) is 4.74 Å². The van der Waals surface area contributed by atoms with Crippen LogP contribution in [0.1, 0.15) is 19.3 Å². The van der Waals surface area contributed by atoms with Crippen molar-refractivity contribution in [3.05, 3.63) is 30.1 Å². The predicted octanol–water partition coefficient (Wildman–Crippen LogP) is 1.47. The number of carbonyl (C=O) groups is 1. The van der Waals surface area contributed by atoms with Crippen molar-refractivity contribution >= 4 is 15.9 Å². The van der Waals surface area contributed by atoms with E-state index < -0.39 is 9.84 Å². The molecule has 2 N–H and O–H groups in total. The van der Waals surface area contributed by atoms with E-state index in [9.17, 15) is 17.6 Å². The lowest BCUT2D eigenvalue weighted by Crippen LogP contribution is -2.42. The first-order chi connectivity index (χ1) is 10.9. The quantitative estimate of drug-likeness (QED) is 0.734. The maximum absolute atomic E-state index is 12.7. The minimum atomic E-state index is -2.99. The third-order valence-electron chi connectivity index (χ3n) is 3.51. The number of carbonyl (C=O) groups excluding carboxylic acids is 1. The van der Waals surface area contributed by atoms with Gasteiger partial charge in [-0.3, -0.25) is 0 Å². The number of hydrogen-bond donors (Lipinski definition) is 2. The summed E-state index contributed by atoms with van der Waals surface area (Å²) >= 11 is 0. The zero-order valence-electron chi connectivity index (χ0n) is 12.8. The first kappa shape index (κ1) is 17.5. The molecule has 2 rings (SSSR count). The highest BCUT2D eigenvalue weighted by atomic mass is 32.2. The second kappa shape index (κ2) is 8.14. The van der Waals surface area contributed by atoms with Crippen molar-refractivity contribution < 1.29 is 22.3 Å². The lowest BCUT2D eigenvalue weighted by Gasteiger charge is -2.12. The smallest absolute Gasteiger partial charge is 0.315 e. The molecule has 2 amide bonds. The summed E-state index contributed by atoms with van der Waals surface area (Å²) in [5, 5.41) is 5.35. The molecule has 0 bridgehead atoms. The van der Waals surface area contributed by atoms with Gasteiger partial charge in [-0.15, -0.1) is 0 Å². The highest BCUT2D eigenvalue weighted by Crippen LogP contribution is 2.12. The van der Waals surface area contributed by atoms with Crippen molar-refractivity contribution in [2.45, 2.75) is 25.3 Å². The van der Waals surface area contributed by atoms with Gasteiger partial charge in [0.2, 0.25) is 0 Å². The van der Waals surface area contributed by atoms with E-state index in [0.717, 1.165) is 12.8 Å². The van der Waals surface area contributed by atoms with E-state index in [0.29, 0.717) is 25.3 Å². The van der Waals surface area contributed by atoms with Crippen LogP contribution in [0.4, 0.5) is 9.18 Å². The van der Waals surface area contributed by atoms with Crippen LogP contribution in [0, 0.1) is 5.82 Å². The van der Waals surface area contributed by atoms with Crippen molar-refractivity contribution in [2.75, 3.05) is 24.7 Å². The number of sulfone groups is 1. The summed E-state index contributed by atoms with van der Waals surface area (Å²) < 4.78 is 40.7. The Kier molecular flexibility index (Phi) is 6.20. The lowest BCUT2D eigenvalue weighted by molar-refractivity contribution is 0.237. The number of hydrogen-bond acceptors (Lipinski definition) is 4. The molecule has 1 atom stereocenters. The maximum Gasteiger partial charge on any atom is 0.315 e. The number of ether oxygens (including phenoxy) is 1. The van der Waals surface area contributed by atoms with E-state index in [2.05, 4.69) is 10.6 Å². The van der Waals surface area contributed by atoms with Gasteiger partial charge in [0.1, 0.15) is 11.6 Å². The second-order valence-corrected chi connectivity index (χ2v) is 7.74. The average molecular weight is 344 g/mol. The van der Waals surface area contributed by atoms with E-state index in [-0.39, 0.29) is 29.4 Å². The lowest BCUT2D eigenvalue weighted by atomic mass is 10.3. The number of nitrogens with one attached hydrogen (secondary N) is 2. The van der Waals surface area contributed by atoms with E-state index in [1.807, 2.05) is 0 Å². The van der Waals surface area contributed by atoms with Gasteiger partial charge in [-0.05, 0) is 43.5 Å². The van der Waals surface area contributed by atoms with Crippen molar-refractivity contribution in [1.29, 1.82) is 0 Å². The monoisotopic (exact) mass is 344 g/mol. The zero-order chi connectivity index (χ0) is 16.7.